The monoisotopic (exact) mass is 283 g/mol. The summed E-state index contributed by atoms with van der Waals surface area (Å²) in [5.74, 6) is 0.756. The maximum absolute atomic E-state index is 12.0. The molecule has 1 N–H and O–H groups in total. The van der Waals surface area contributed by atoms with Crippen molar-refractivity contribution in [2.24, 2.45) is 0 Å². The highest BCUT2D eigenvalue weighted by atomic mass is 16.5. The minimum atomic E-state index is -0.0643. The Morgan fingerprint density at radius 2 is 1.71 bits per heavy atom. The Balaban J connectivity index is 1.79. The van der Waals surface area contributed by atoms with Crippen LogP contribution in [-0.2, 0) is 0 Å². The third kappa shape index (κ3) is 4.35. The van der Waals surface area contributed by atoms with Crippen molar-refractivity contribution in [2.75, 3.05) is 13.2 Å². The molecule has 110 valence electrons. The van der Waals surface area contributed by atoms with Crippen LogP contribution in [0.1, 0.15) is 27.0 Å². The lowest BCUT2D eigenvalue weighted by Gasteiger charge is -2.09. The SMILES string of the molecule is Cc1ccc(OCCNC(=O)c2ccc(C)c(C)c2)cc1. The zero-order valence-corrected chi connectivity index (χ0v) is 12.8. The summed E-state index contributed by atoms with van der Waals surface area (Å²) in [5, 5.41) is 2.86. The fraction of sp³-hybridized carbons (Fsp3) is 0.278. The third-order valence-electron chi connectivity index (χ3n) is 3.45. The topological polar surface area (TPSA) is 38.3 Å². The molecule has 0 aromatic heterocycles. The molecule has 3 nitrogen and oxygen atoms in total. The number of aryl methyl sites for hydroxylation is 3. The molecular weight excluding hydrogens is 262 g/mol. The van der Waals surface area contributed by atoms with Gasteiger partial charge in [0.05, 0.1) is 6.54 Å². The molecule has 0 spiro atoms. The summed E-state index contributed by atoms with van der Waals surface area (Å²) in [5.41, 5.74) is 4.20. The van der Waals surface area contributed by atoms with Crippen LogP contribution in [0.3, 0.4) is 0 Å². The molecule has 0 bridgehead atoms. The van der Waals surface area contributed by atoms with Crippen molar-refractivity contribution < 1.29 is 9.53 Å². The van der Waals surface area contributed by atoms with Gasteiger partial charge in [0.1, 0.15) is 12.4 Å². The van der Waals surface area contributed by atoms with Crippen LogP contribution in [0.4, 0.5) is 0 Å². The molecule has 0 saturated carbocycles. The van der Waals surface area contributed by atoms with E-state index in [9.17, 15) is 4.79 Å². The zero-order valence-electron chi connectivity index (χ0n) is 12.8. The fourth-order valence-electron chi connectivity index (χ4n) is 1.95. The van der Waals surface area contributed by atoms with Gasteiger partial charge in [0.25, 0.3) is 5.91 Å². The summed E-state index contributed by atoms with van der Waals surface area (Å²) < 4.78 is 5.58. The lowest BCUT2D eigenvalue weighted by Crippen LogP contribution is -2.28. The first kappa shape index (κ1) is 15.1. The summed E-state index contributed by atoms with van der Waals surface area (Å²) in [4.78, 5) is 12.0. The third-order valence-corrected chi connectivity index (χ3v) is 3.45. The molecule has 1 amide bonds. The Hall–Kier alpha value is -2.29. The number of hydrogen-bond donors (Lipinski definition) is 1. The molecule has 0 aliphatic heterocycles. The predicted molar refractivity (Wildman–Crippen MR) is 84.9 cm³/mol. The van der Waals surface area contributed by atoms with Crippen molar-refractivity contribution in [1.82, 2.24) is 5.32 Å². The van der Waals surface area contributed by atoms with Gasteiger partial charge < -0.3 is 10.1 Å². The molecule has 21 heavy (non-hydrogen) atoms. The Morgan fingerprint density at radius 3 is 2.38 bits per heavy atom. The molecule has 3 heteroatoms. The van der Waals surface area contributed by atoms with Crippen molar-refractivity contribution in [3.63, 3.8) is 0 Å². The van der Waals surface area contributed by atoms with E-state index in [1.165, 1.54) is 11.1 Å². The van der Waals surface area contributed by atoms with Gasteiger partial charge in [-0.25, -0.2) is 0 Å². The number of carbonyl (C=O) groups excluding carboxylic acids is 1. The van der Waals surface area contributed by atoms with Crippen molar-refractivity contribution >= 4 is 5.91 Å². The van der Waals surface area contributed by atoms with Crippen molar-refractivity contribution in [2.45, 2.75) is 20.8 Å². The highest BCUT2D eigenvalue weighted by Gasteiger charge is 2.05. The summed E-state index contributed by atoms with van der Waals surface area (Å²) >= 11 is 0. The van der Waals surface area contributed by atoms with E-state index in [0.29, 0.717) is 18.7 Å². The maximum Gasteiger partial charge on any atom is 0.251 e. The summed E-state index contributed by atoms with van der Waals surface area (Å²) in [6.07, 6.45) is 0. The highest BCUT2D eigenvalue weighted by molar-refractivity contribution is 5.94. The molecule has 2 rings (SSSR count). The highest BCUT2D eigenvalue weighted by Crippen LogP contribution is 2.11. The lowest BCUT2D eigenvalue weighted by molar-refractivity contribution is 0.0947. The van der Waals surface area contributed by atoms with Gasteiger partial charge >= 0.3 is 0 Å². The van der Waals surface area contributed by atoms with Gasteiger partial charge in [-0.3, -0.25) is 4.79 Å². The first-order chi connectivity index (χ1) is 10.1. The molecule has 0 heterocycles. The van der Waals surface area contributed by atoms with Crippen LogP contribution in [0.25, 0.3) is 0 Å². The average molecular weight is 283 g/mol. The maximum atomic E-state index is 12.0. The number of ether oxygens (including phenoxy) is 1. The van der Waals surface area contributed by atoms with E-state index in [1.807, 2.05) is 63.2 Å². The second kappa shape index (κ2) is 6.93. The van der Waals surface area contributed by atoms with Gasteiger partial charge in [-0.15, -0.1) is 0 Å². The molecule has 0 atom stereocenters. The van der Waals surface area contributed by atoms with Crippen LogP contribution in [0.15, 0.2) is 42.5 Å². The largest absolute Gasteiger partial charge is 0.492 e. The van der Waals surface area contributed by atoms with Crippen LogP contribution in [0, 0.1) is 20.8 Å². The van der Waals surface area contributed by atoms with Gasteiger partial charge in [-0.05, 0) is 56.2 Å². The molecule has 2 aromatic rings. The van der Waals surface area contributed by atoms with Crippen LogP contribution >= 0.6 is 0 Å². The number of hydrogen-bond acceptors (Lipinski definition) is 2. The van der Waals surface area contributed by atoms with Gasteiger partial charge in [0.2, 0.25) is 0 Å². The smallest absolute Gasteiger partial charge is 0.251 e. The van der Waals surface area contributed by atoms with E-state index in [-0.39, 0.29) is 5.91 Å². The molecule has 0 aliphatic rings. The van der Waals surface area contributed by atoms with E-state index in [4.69, 9.17) is 4.74 Å². The average Bonchev–Trinajstić information content (AvgIpc) is 2.48. The minimum absolute atomic E-state index is 0.0643. The normalized spacial score (nSPS) is 10.2. The van der Waals surface area contributed by atoms with Crippen molar-refractivity contribution in [1.29, 1.82) is 0 Å². The quantitative estimate of drug-likeness (QED) is 0.854. The summed E-state index contributed by atoms with van der Waals surface area (Å²) in [7, 11) is 0. The second-order valence-electron chi connectivity index (χ2n) is 5.22. The summed E-state index contributed by atoms with van der Waals surface area (Å²) in [6.45, 7) is 7.02. The minimum Gasteiger partial charge on any atom is -0.492 e. The van der Waals surface area contributed by atoms with Crippen LogP contribution in [0.2, 0.25) is 0 Å². The number of carbonyl (C=O) groups is 1. The van der Waals surface area contributed by atoms with E-state index in [2.05, 4.69) is 5.32 Å². The molecule has 0 radical (unpaired) electrons. The van der Waals surface area contributed by atoms with Crippen LogP contribution in [-0.4, -0.2) is 19.1 Å². The first-order valence-electron chi connectivity index (χ1n) is 7.11. The molecule has 0 aliphatic carbocycles. The van der Waals surface area contributed by atoms with Crippen LogP contribution in [0.5, 0.6) is 5.75 Å². The number of rotatable bonds is 5. The Labute approximate surface area is 126 Å². The van der Waals surface area contributed by atoms with Gasteiger partial charge in [-0.1, -0.05) is 23.8 Å². The molecular formula is C18H21NO2. The molecule has 0 unspecified atom stereocenters. The second-order valence-corrected chi connectivity index (χ2v) is 5.22. The van der Waals surface area contributed by atoms with E-state index in [0.717, 1.165) is 11.3 Å². The van der Waals surface area contributed by atoms with Gasteiger partial charge in [0.15, 0.2) is 0 Å². The Kier molecular flexibility index (Phi) is 4.99. The van der Waals surface area contributed by atoms with Crippen molar-refractivity contribution in [3.8, 4) is 5.75 Å². The zero-order chi connectivity index (χ0) is 15.2. The summed E-state index contributed by atoms with van der Waals surface area (Å²) in [6, 6.07) is 13.6. The number of nitrogens with one attached hydrogen (secondary N) is 1. The fourth-order valence-corrected chi connectivity index (χ4v) is 1.95. The number of benzene rings is 2. The Bertz CT molecular complexity index is 618. The van der Waals surface area contributed by atoms with Crippen LogP contribution < -0.4 is 10.1 Å². The predicted octanol–water partition coefficient (Wildman–Crippen LogP) is 3.42. The van der Waals surface area contributed by atoms with Gasteiger partial charge in [-0.2, -0.15) is 0 Å². The van der Waals surface area contributed by atoms with E-state index < -0.39 is 0 Å². The van der Waals surface area contributed by atoms with Gasteiger partial charge in [0, 0.05) is 5.56 Å². The lowest BCUT2D eigenvalue weighted by atomic mass is 10.1. The number of amides is 1. The van der Waals surface area contributed by atoms with E-state index >= 15 is 0 Å². The molecule has 0 fully saturated rings. The Morgan fingerprint density at radius 1 is 1.00 bits per heavy atom. The standard InChI is InChI=1S/C18H21NO2/c1-13-4-8-17(9-5-13)21-11-10-19-18(20)16-7-6-14(2)15(3)12-16/h4-9,12H,10-11H2,1-3H3,(H,19,20). The van der Waals surface area contributed by atoms with Crippen molar-refractivity contribution in [3.05, 3.63) is 64.7 Å². The first-order valence-corrected chi connectivity index (χ1v) is 7.11. The molecule has 2 aromatic carbocycles. The van der Waals surface area contributed by atoms with E-state index in [1.54, 1.807) is 0 Å². The molecule has 0 saturated heterocycles.